The Labute approximate surface area is 84.1 Å². The van der Waals surface area contributed by atoms with Gasteiger partial charge in [0.2, 0.25) is 0 Å². The van der Waals surface area contributed by atoms with Gasteiger partial charge in [-0.25, -0.2) is 4.79 Å². The summed E-state index contributed by atoms with van der Waals surface area (Å²) in [6.07, 6.45) is -0.434. The predicted octanol–water partition coefficient (Wildman–Crippen LogP) is 2.79. The highest BCUT2D eigenvalue weighted by Crippen LogP contribution is 2.19. The van der Waals surface area contributed by atoms with E-state index in [0.717, 1.165) is 16.8 Å². The molecule has 3 heteroatoms. The number of carbonyl (C=O) groups excluding carboxylic acids is 1. The first-order valence-electron chi connectivity index (χ1n) is 4.47. The number of methoxy groups -OCH3 is 1. The van der Waals surface area contributed by atoms with Gasteiger partial charge >= 0.3 is 6.09 Å². The van der Waals surface area contributed by atoms with E-state index in [4.69, 9.17) is 0 Å². The molecule has 0 atom stereocenters. The number of rotatable bonds is 1. The third-order valence-electron chi connectivity index (χ3n) is 2.26. The number of anilines is 1. The van der Waals surface area contributed by atoms with Crippen molar-refractivity contribution in [2.45, 2.75) is 20.8 Å². The van der Waals surface area contributed by atoms with E-state index in [1.807, 2.05) is 32.9 Å². The molecule has 0 bridgehead atoms. The Bertz CT molecular complexity index is 359. The first-order valence-corrected chi connectivity index (χ1v) is 4.47. The Hall–Kier alpha value is -1.51. The van der Waals surface area contributed by atoms with E-state index < -0.39 is 6.09 Å². The van der Waals surface area contributed by atoms with E-state index in [1.54, 1.807) is 0 Å². The molecule has 1 rings (SSSR count). The number of aryl methyl sites for hydroxylation is 3. The van der Waals surface area contributed by atoms with Crippen molar-refractivity contribution in [3.05, 3.63) is 28.8 Å². The summed E-state index contributed by atoms with van der Waals surface area (Å²) in [5.74, 6) is 0. The molecule has 1 aromatic rings. The van der Waals surface area contributed by atoms with Crippen LogP contribution in [0.3, 0.4) is 0 Å². The molecule has 0 spiro atoms. The van der Waals surface area contributed by atoms with Crippen LogP contribution in [0.5, 0.6) is 0 Å². The van der Waals surface area contributed by atoms with Crippen LogP contribution in [0.1, 0.15) is 16.7 Å². The highest BCUT2D eigenvalue weighted by atomic mass is 16.5. The number of nitrogens with one attached hydrogen (secondary N) is 1. The molecular formula is C11H15NO2. The molecule has 1 amide bonds. The number of hydrogen-bond donors (Lipinski definition) is 1. The van der Waals surface area contributed by atoms with Gasteiger partial charge in [0.15, 0.2) is 0 Å². The number of amides is 1. The fraction of sp³-hybridized carbons (Fsp3) is 0.364. The minimum atomic E-state index is -0.434. The Balaban J connectivity index is 2.98. The molecule has 0 aliphatic carbocycles. The SMILES string of the molecule is COC(=O)Nc1cc(C)c(C)cc1C. The van der Waals surface area contributed by atoms with E-state index in [2.05, 4.69) is 10.1 Å². The fourth-order valence-corrected chi connectivity index (χ4v) is 1.26. The van der Waals surface area contributed by atoms with Gasteiger partial charge in [0.1, 0.15) is 0 Å². The van der Waals surface area contributed by atoms with Crippen molar-refractivity contribution in [1.29, 1.82) is 0 Å². The van der Waals surface area contributed by atoms with Gasteiger partial charge in [-0.05, 0) is 43.5 Å². The van der Waals surface area contributed by atoms with Crippen molar-refractivity contribution in [3.8, 4) is 0 Å². The van der Waals surface area contributed by atoms with Gasteiger partial charge in [0.25, 0.3) is 0 Å². The molecule has 14 heavy (non-hydrogen) atoms. The monoisotopic (exact) mass is 193 g/mol. The Morgan fingerprint density at radius 1 is 1.14 bits per heavy atom. The van der Waals surface area contributed by atoms with Crippen molar-refractivity contribution >= 4 is 11.8 Å². The summed E-state index contributed by atoms with van der Waals surface area (Å²) in [6, 6.07) is 3.99. The standard InChI is InChI=1S/C11H15NO2/c1-7-5-9(3)10(6-8(7)2)12-11(13)14-4/h5-6H,1-4H3,(H,12,13). The molecule has 0 radical (unpaired) electrons. The normalized spacial score (nSPS) is 9.71. The van der Waals surface area contributed by atoms with Crippen molar-refractivity contribution in [1.82, 2.24) is 0 Å². The van der Waals surface area contributed by atoms with Crippen LogP contribution in [-0.4, -0.2) is 13.2 Å². The van der Waals surface area contributed by atoms with Crippen molar-refractivity contribution < 1.29 is 9.53 Å². The quantitative estimate of drug-likeness (QED) is 0.744. The molecule has 0 heterocycles. The van der Waals surface area contributed by atoms with Crippen LogP contribution >= 0.6 is 0 Å². The zero-order valence-electron chi connectivity index (χ0n) is 8.97. The number of benzene rings is 1. The third-order valence-corrected chi connectivity index (χ3v) is 2.26. The second-order valence-corrected chi connectivity index (χ2v) is 3.37. The second-order valence-electron chi connectivity index (χ2n) is 3.37. The summed E-state index contributed by atoms with van der Waals surface area (Å²) in [7, 11) is 1.35. The second kappa shape index (κ2) is 4.13. The summed E-state index contributed by atoms with van der Waals surface area (Å²) in [5, 5.41) is 2.67. The van der Waals surface area contributed by atoms with Crippen molar-refractivity contribution in [3.63, 3.8) is 0 Å². The van der Waals surface area contributed by atoms with Crippen molar-refractivity contribution in [2.75, 3.05) is 12.4 Å². The lowest BCUT2D eigenvalue weighted by molar-refractivity contribution is 0.187. The molecule has 1 aromatic carbocycles. The Morgan fingerprint density at radius 2 is 1.71 bits per heavy atom. The summed E-state index contributed by atoms with van der Waals surface area (Å²) in [6.45, 7) is 6.01. The number of hydrogen-bond acceptors (Lipinski definition) is 2. The highest BCUT2D eigenvalue weighted by Gasteiger charge is 2.05. The van der Waals surface area contributed by atoms with E-state index in [1.165, 1.54) is 12.7 Å². The minimum absolute atomic E-state index is 0.434. The maximum absolute atomic E-state index is 11.0. The van der Waals surface area contributed by atoms with Crippen LogP contribution in [0.25, 0.3) is 0 Å². The molecule has 76 valence electrons. The van der Waals surface area contributed by atoms with Gasteiger partial charge in [0.05, 0.1) is 7.11 Å². The van der Waals surface area contributed by atoms with Gasteiger partial charge in [-0.3, -0.25) is 5.32 Å². The largest absolute Gasteiger partial charge is 0.453 e. The zero-order chi connectivity index (χ0) is 10.7. The lowest BCUT2D eigenvalue weighted by Gasteiger charge is -2.10. The van der Waals surface area contributed by atoms with Gasteiger partial charge in [-0.2, -0.15) is 0 Å². The van der Waals surface area contributed by atoms with E-state index in [9.17, 15) is 4.79 Å². The van der Waals surface area contributed by atoms with Gasteiger partial charge in [-0.1, -0.05) is 6.07 Å². The lowest BCUT2D eigenvalue weighted by Crippen LogP contribution is -2.12. The Morgan fingerprint density at radius 3 is 2.29 bits per heavy atom. The van der Waals surface area contributed by atoms with Gasteiger partial charge in [-0.15, -0.1) is 0 Å². The molecular weight excluding hydrogens is 178 g/mol. The van der Waals surface area contributed by atoms with Crippen LogP contribution < -0.4 is 5.32 Å². The van der Waals surface area contributed by atoms with Gasteiger partial charge < -0.3 is 4.74 Å². The molecule has 1 N–H and O–H groups in total. The molecule has 0 unspecified atom stereocenters. The first kappa shape index (κ1) is 10.6. The van der Waals surface area contributed by atoms with Crippen LogP contribution in [0.2, 0.25) is 0 Å². The van der Waals surface area contributed by atoms with E-state index >= 15 is 0 Å². The first-order chi connectivity index (χ1) is 6.54. The maximum Gasteiger partial charge on any atom is 0.411 e. The van der Waals surface area contributed by atoms with E-state index in [-0.39, 0.29) is 0 Å². The van der Waals surface area contributed by atoms with Crippen LogP contribution in [0.4, 0.5) is 10.5 Å². The summed E-state index contributed by atoms with van der Waals surface area (Å²) < 4.78 is 4.53. The topological polar surface area (TPSA) is 38.3 Å². The third kappa shape index (κ3) is 2.25. The molecule has 0 aromatic heterocycles. The summed E-state index contributed by atoms with van der Waals surface area (Å²) in [4.78, 5) is 11.0. The van der Waals surface area contributed by atoms with Crippen LogP contribution in [0.15, 0.2) is 12.1 Å². The fourth-order valence-electron chi connectivity index (χ4n) is 1.26. The van der Waals surface area contributed by atoms with Crippen LogP contribution in [0, 0.1) is 20.8 Å². The molecule has 0 saturated heterocycles. The average Bonchev–Trinajstić information content (AvgIpc) is 2.14. The molecule has 3 nitrogen and oxygen atoms in total. The lowest BCUT2D eigenvalue weighted by atomic mass is 10.1. The predicted molar refractivity (Wildman–Crippen MR) is 56.7 cm³/mol. The molecule has 0 saturated carbocycles. The maximum atomic E-state index is 11.0. The van der Waals surface area contributed by atoms with E-state index in [0.29, 0.717) is 0 Å². The minimum Gasteiger partial charge on any atom is -0.453 e. The zero-order valence-corrected chi connectivity index (χ0v) is 8.97. The molecule has 0 fully saturated rings. The number of ether oxygens (including phenoxy) is 1. The van der Waals surface area contributed by atoms with Crippen molar-refractivity contribution in [2.24, 2.45) is 0 Å². The molecule has 0 aliphatic heterocycles. The van der Waals surface area contributed by atoms with Crippen LogP contribution in [-0.2, 0) is 4.74 Å². The number of carbonyl (C=O) groups is 1. The molecule has 0 aliphatic rings. The highest BCUT2D eigenvalue weighted by molar-refractivity contribution is 5.85. The summed E-state index contributed by atoms with van der Waals surface area (Å²) in [5.41, 5.74) is 4.22. The van der Waals surface area contributed by atoms with Gasteiger partial charge in [0, 0.05) is 5.69 Å². The Kier molecular flexibility index (Phi) is 3.12. The average molecular weight is 193 g/mol. The smallest absolute Gasteiger partial charge is 0.411 e. The summed E-state index contributed by atoms with van der Waals surface area (Å²) >= 11 is 0.